The molecular weight excluding hydrogens is 510 g/mol. The predicted octanol–water partition coefficient (Wildman–Crippen LogP) is 5.16. The number of benzene rings is 4. The molecule has 4 rings (SSSR count). The van der Waals surface area contributed by atoms with E-state index in [0.29, 0.717) is 16.9 Å². The Kier molecular flexibility index (Phi) is 7.33. The standard InChI is InChI=1S/C27H25N3O5S2/c1-19-8-6-7-11-25(19)29-37(34,35)24-16-14-22(15-17-24)28-27(31)21-13-12-20(2)26(18-21)30-36(32,33)23-9-4-3-5-10-23/h3-18,29-30H,1-2H3,(H,28,31). The molecule has 0 radical (unpaired) electrons. The molecule has 0 bridgehead atoms. The Hall–Kier alpha value is -4.15. The Morgan fingerprint density at radius 2 is 1.14 bits per heavy atom. The molecule has 0 fully saturated rings. The van der Waals surface area contributed by atoms with Gasteiger partial charge in [0.25, 0.3) is 26.0 Å². The van der Waals surface area contributed by atoms with Gasteiger partial charge in [-0.15, -0.1) is 0 Å². The van der Waals surface area contributed by atoms with E-state index < -0.39 is 26.0 Å². The molecular formula is C27H25N3O5S2. The van der Waals surface area contributed by atoms with Gasteiger partial charge in [-0.3, -0.25) is 14.2 Å². The minimum Gasteiger partial charge on any atom is -0.322 e. The summed E-state index contributed by atoms with van der Waals surface area (Å²) in [4.78, 5) is 13.0. The van der Waals surface area contributed by atoms with Crippen molar-refractivity contribution in [1.29, 1.82) is 0 Å². The molecule has 0 aliphatic heterocycles. The number of hydrogen-bond acceptors (Lipinski definition) is 5. The van der Waals surface area contributed by atoms with Crippen LogP contribution in [0.4, 0.5) is 17.1 Å². The fraction of sp³-hybridized carbons (Fsp3) is 0.0741. The zero-order chi connectivity index (χ0) is 26.6. The highest BCUT2D eigenvalue weighted by Crippen LogP contribution is 2.23. The Bertz CT molecular complexity index is 1650. The van der Waals surface area contributed by atoms with Crippen LogP contribution < -0.4 is 14.8 Å². The van der Waals surface area contributed by atoms with Crippen molar-refractivity contribution in [2.75, 3.05) is 14.8 Å². The zero-order valence-electron chi connectivity index (χ0n) is 20.1. The minimum atomic E-state index is -3.83. The summed E-state index contributed by atoms with van der Waals surface area (Å²) in [5, 5.41) is 2.71. The highest BCUT2D eigenvalue weighted by molar-refractivity contribution is 7.93. The first-order valence-electron chi connectivity index (χ1n) is 11.2. The third kappa shape index (κ3) is 6.16. The van der Waals surface area contributed by atoms with E-state index in [4.69, 9.17) is 0 Å². The molecule has 0 saturated heterocycles. The summed E-state index contributed by atoms with van der Waals surface area (Å²) in [6, 6.07) is 25.4. The molecule has 0 spiro atoms. The second-order valence-electron chi connectivity index (χ2n) is 8.35. The van der Waals surface area contributed by atoms with Crippen LogP contribution in [-0.2, 0) is 20.0 Å². The molecule has 4 aromatic carbocycles. The normalized spacial score (nSPS) is 11.5. The topological polar surface area (TPSA) is 121 Å². The van der Waals surface area contributed by atoms with Gasteiger partial charge in [0.05, 0.1) is 21.2 Å². The van der Waals surface area contributed by atoms with Crippen molar-refractivity contribution >= 4 is 43.0 Å². The van der Waals surface area contributed by atoms with Gasteiger partial charge >= 0.3 is 0 Å². The van der Waals surface area contributed by atoms with Crippen molar-refractivity contribution in [2.45, 2.75) is 23.6 Å². The summed E-state index contributed by atoms with van der Waals surface area (Å²) < 4.78 is 56.0. The molecule has 190 valence electrons. The fourth-order valence-corrected chi connectivity index (χ4v) is 5.76. The highest BCUT2D eigenvalue weighted by Gasteiger charge is 2.18. The lowest BCUT2D eigenvalue weighted by Gasteiger charge is -2.13. The third-order valence-corrected chi connectivity index (χ3v) is 8.37. The monoisotopic (exact) mass is 535 g/mol. The van der Waals surface area contributed by atoms with E-state index in [9.17, 15) is 21.6 Å². The largest absolute Gasteiger partial charge is 0.322 e. The molecule has 37 heavy (non-hydrogen) atoms. The van der Waals surface area contributed by atoms with Crippen LogP contribution in [0.15, 0.2) is 107 Å². The molecule has 0 heterocycles. The number of aryl methyl sites for hydroxylation is 2. The SMILES string of the molecule is Cc1ccccc1NS(=O)(=O)c1ccc(NC(=O)c2ccc(C)c(NS(=O)(=O)c3ccccc3)c2)cc1. The lowest BCUT2D eigenvalue weighted by Crippen LogP contribution is -2.16. The maximum Gasteiger partial charge on any atom is 0.261 e. The van der Waals surface area contributed by atoms with Crippen molar-refractivity contribution < 1.29 is 21.6 Å². The Labute approximate surface area is 216 Å². The average Bonchev–Trinajstić information content (AvgIpc) is 2.87. The summed E-state index contributed by atoms with van der Waals surface area (Å²) in [6.45, 7) is 3.54. The average molecular weight is 536 g/mol. The third-order valence-electron chi connectivity index (χ3n) is 5.61. The molecule has 10 heteroatoms. The summed E-state index contributed by atoms with van der Waals surface area (Å²) in [6.07, 6.45) is 0. The molecule has 0 unspecified atom stereocenters. The molecule has 4 aromatic rings. The maximum absolute atomic E-state index is 12.9. The Morgan fingerprint density at radius 3 is 1.78 bits per heavy atom. The number of nitrogens with one attached hydrogen (secondary N) is 3. The zero-order valence-corrected chi connectivity index (χ0v) is 21.7. The van der Waals surface area contributed by atoms with Crippen molar-refractivity contribution in [1.82, 2.24) is 0 Å². The first kappa shape index (κ1) is 25.9. The van der Waals surface area contributed by atoms with E-state index in [2.05, 4.69) is 14.8 Å². The van der Waals surface area contributed by atoms with Crippen LogP contribution in [0, 0.1) is 13.8 Å². The van der Waals surface area contributed by atoms with E-state index in [1.165, 1.54) is 42.5 Å². The van der Waals surface area contributed by atoms with Gasteiger partial charge < -0.3 is 5.32 Å². The van der Waals surface area contributed by atoms with E-state index in [0.717, 1.165) is 5.56 Å². The van der Waals surface area contributed by atoms with Crippen molar-refractivity contribution in [2.24, 2.45) is 0 Å². The van der Waals surface area contributed by atoms with Crippen molar-refractivity contribution in [3.05, 3.63) is 114 Å². The first-order valence-corrected chi connectivity index (χ1v) is 14.2. The lowest BCUT2D eigenvalue weighted by atomic mass is 10.1. The quantitative estimate of drug-likeness (QED) is 0.288. The van der Waals surface area contributed by atoms with E-state index in [1.54, 1.807) is 62.4 Å². The second kappa shape index (κ2) is 10.5. The predicted molar refractivity (Wildman–Crippen MR) is 145 cm³/mol. The van der Waals surface area contributed by atoms with Crippen LogP contribution in [0.2, 0.25) is 0 Å². The van der Waals surface area contributed by atoms with Crippen LogP contribution in [-0.4, -0.2) is 22.7 Å². The fourth-order valence-electron chi connectivity index (χ4n) is 3.49. The smallest absolute Gasteiger partial charge is 0.261 e. The summed E-state index contributed by atoms with van der Waals surface area (Å²) in [5.74, 6) is -0.478. The van der Waals surface area contributed by atoms with Gasteiger partial charge in [0.15, 0.2) is 0 Å². The van der Waals surface area contributed by atoms with E-state index in [1.807, 2.05) is 6.07 Å². The molecule has 1 amide bonds. The molecule has 0 saturated carbocycles. The summed E-state index contributed by atoms with van der Waals surface area (Å²) in [5.41, 5.74) is 2.81. The summed E-state index contributed by atoms with van der Waals surface area (Å²) >= 11 is 0. The molecule has 0 aliphatic carbocycles. The highest BCUT2D eigenvalue weighted by atomic mass is 32.2. The van der Waals surface area contributed by atoms with Gasteiger partial charge in [0.2, 0.25) is 0 Å². The van der Waals surface area contributed by atoms with Gasteiger partial charge in [0.1, 0.15) is 0 Å². The van der Waals surface area contributed by atoms with Crippen molar-refractivity contribution in [3.63, 3.8) is 0 Å². The van der Waals surface area contributed by atoms with Crippen LogP contribution in [0.3, 0.4) is 0 Å². The van der Waals surface area contributed by atoms with Gasteiger partial charge in [-0.1, -0.05) is 42.5 Å². The molecule has 0 aromatic heterocycles. The van der Waals surface area contributed by atoms with Crippen LogP contribution >= 0.6 is 0 Å². The number of carbonyl (C=O) groups excluding carboxylic acids is 1. The number of rotatable bonds is 8. The molecule has 8 nitrogen and oxygen atoms in total. The number of amides is 1. The number of carbonyl (C=O) groups is 1. The van der Waals surface area contributed by atoms with Crippen molar-refractivity contribution in [3.8, 4) is 0 Å². The number of hydrogen-bond donors (Lipinski definition) is 3. The molecule has 0 atom stereocenters. The van der Waals surface area contributed by atoms with E-state index >= 15 is 0 Å². The van der Waals surface area contributed by atoms with Gasteiger partial charge in [0, 0.05) is 11.3 Å². The van der Waals surface area contributed by atoms with Crippen LogP contribution in [0.5, 0.6) is 0 Å². The lowest BCUT2D eigenvalue weighted by molar-refractivity contribution is 0.102. The van der Waals surface area contributed by atoms with Crippen LogP contribution in [0.25, 0.3) is 0 Å². The maximum atomic E-state index is 12.9. The van der Waals surface area contributed by atoms with Gasteiger partial charge in [-0.05, 0) is 79.6 Å². The number of para-hydroxylation sites is 1. The summed E-state index contributed by atoms with van der Waals surface area (Å²) in [7, 11) is -7.64. The Morgan fingerprint density at radius 1 is 0.595 bits per heavy atom. The Balaban J connectivity index is 1.48. The first-order chi connectivity index (χ1) is 17.5. The van der Waals surface area contributed by atoms with Gasteiger partial charge in [-0.2, -0.15) is 0 Å². The van der Waals surface area contributed by atoms with E-state index in [-0.39, 0.29) is 21.0 Å². The second-order valence-corrected chi connectivity index (χ2v) is 11.7. The minimum absolute atomic E-state index is 0.0432. The van der Waals surface area contributed by atoms with Gasteiger partial charge in [-0.25, -0.2) is 16.8 Å². The molecule has 3 N–H and O–H groups in total. The molecule has 0 aliphatic rings. The van der Waals surface area contributed by atoms with Crippen LogP contribution in [0.1, 0.15) is 21.5 Å². The number of anilines is 3. The number of sulfonamides is 2.